The third-order valence-corrected chi connectivity index (χ3v) is 3.46. The zero-order valence-corrected chi connectivity index (χ0v) is 11.3. The molecular formula is C12H21N5O2. The number of piperazine rings is 1. The second kappa shape index (κ2) is 6.63. The summed E-state index contributed by atoms with van der Waals surface area (Å²) in [5, 5.41) is 7.13. The number of nitrogens with one attached hydrogen (secondary N) is 2. The van der Waals surface area contributed by atoms with Gasteiger partial charge in [0.15, 0.2) is 0 Å². The lowest BCUT2D eigenvalue weighted by molar-refractivity contribution is -0.123. The van der Waals surface area contributed by atoms with Crippen LogP contribution in [0, 0.1) is 0 Å². The SMILES string of the molecule is CN(CCN1CCNCC1)C(=O)C1=NNC(=O)CC1. The standard InChI is InChI=1S/C12H21N5O2/c1-16(8-9-17-6-4-13-5-7-17)12(19)10-2-3-11(18)15-14-10/h13H,2-9H2,1H3,(H,15,18). The van der Waals surface area contributed by atoms with Crippen molar-refractivity contribution in [1.82, 2.24) is 20.5 Å². The van der Waals surface area contributed by atoms with Crippen LogP contribution in [-0.4, -0.2) is 73.6 Å². The smallest absolute Gasteiger partial charge is 0.269 e. The van der Waals surface area contributed by atoms with Gasteiger partial charge in [0.05, 0.1) is 0 Å². The molecule has 7 nitrogen and oxygen atoms in total. The Bertz CT molecular complexity index is 376. The lowest BCUT2D eigenvalue weighted by Crippen LogP contribution is -2.47. The van der Waals surface area contributed by atoms with E-state index in [0.717, 1.165) is 32.7 Å². The number of nitrogens with zero attached hydrogens (tertiary/aromatic N) is 3. The summed E-state index contributed by atoms with van der Waals surface area (Å²) in [6.45, 7) is 5.64. The van der Waals surface area contributed by atoms with Crippen molar-refractivity contribution in [3.05, 3.63) is 0 Å². The molecule has 2 aliphatic heterocycles. The Morgan fingerprint density at radius 1 is 1.37 bits per heavy atom. The topological polar surface area (TPSA) is 77.0 Å². The van der Waals surface area contributed by atoms with Crippen molar-refractivity contribution >= 4 is 17.5 Å². The molecule has 0 atom stereocenters. The zero-order valence-electron chi connectivity index (χ0n) is 11.3. The van der Waals surface area contributed by atoms with Gasteiger partial charge in [-0.2, -0.15) is 5.10 Å². The molecule has 106 valence electrons. The zero-order chi connectivity index (χ0) is 13.7. The van der Waals surface area contributed by atoms with Crippen LogP contribution in [0.4, 0.5) is 0 Å². The first-order chi connectivity index (χ1) is 9.16. The van der Waals surface area contributed by atoms with Crippen LogP contribution in [0.5, 0.6) is 0 Å². The molecular weight excluding hydrogens is 246 g/mol. The number of hydrogen-bond donors (Lipinski definition) is 2. The monoisotopic (exact) mass is 267 g/mol. The average Bonchev–Trinajstić information content (AvgIpc) is 2.46. The largest absolute Gasteiger partial charge is 0.339 e. The van der Waals surface area contributed by atoms with Crippen molar-refractivity contribution in [1.29, 1.82) is 0 Å². The van der Waals surface area contributed by atoms with E-state index in [1.807, 2.05) is 0 Å². The van der Waals surface area contributed by atoms with Crippen LogP contribution in [0.3, 0.4) is 0 Å². The molecule has 0 aromatic heterocycles. The summed E-state index contributed by atoms with van der Waals surface area (Å²) in [6.07, 6.45) is 0.777. The summed E-state index contributed by atoms with van der Waals surface area (Å²) in [4.78, 5) is 27.1. The minimum atomic E-state index is -0.125. The van der Waals surface area contributed by atoms with Gasteiger partial charge in [-0.25, -0.2) is 5.43 Å². The van der Waals surface area contributed by atoms with Crippen LogP contribution in [0.1, 0.15) is 12.8 Å². The lowest BCUT2D eigenvalue weighted by Gasteiger charge is -2.29. The van der Waals surface area contributed by atoms with Crippen LogP contribution >= 0.6 is 0 Å². The van der Waals surface area contributed by atoms with E-state index >= 15 is 0 Å². The highest BCUT2D eigenvalue weighted by molar-refractivity contribution is 6.39. The van der Waals surface area contributed by atoms with Crippen LogP contribution < -0.4 is 10.7 Å². The van der Waals surface area contributed by atoms with E-state index in [2.05, 4.69) is 20.7 Å². The van der Waals surface area contributed by atoms with Gasteiger partial charge in [-0.15, -0.1) is 0 Å². The molecule has 2 rings (SSSR count). The Morgan fingerprint density at radius 3 is 2.74 bits per heavy atom. The summed E-state index contributed by atoms with van der Waals surface area (Å²) in [5.74, 6) is -0.213. The van der Waals surface area contributed by atoms with Crippen molar-refractivity contribution < 1.29 is 9.59 Å². The molecule has 1 fully saturated rings. The van der Waals surface area contributed by atoms with E-state index in [4.69, 9.17) is 0 Å². The van der Waals surface area contributed by atoms with Gasteiger partial charge in [-0.3, -0.25) is 14.5 Å². The van der Waals surface area contributed by atoms with Crippen molar-refractivity contribution in [3.63, 3.8) is 0 Å². The number of hydrazone groups is 1. The maximum atomic E-state index is 12.1. The first-order valence-electron chi connectivity index (χ1n) is 6.71. The number of likely N-dealkylation sites (N-methyl/N-ethyl adjacent to an activating group) is 1. The molecule has 0 spiro atoms. The van der Waals surface area contributed by atoms with Gasteiger partial charge >= 0.3 is 0 Å². The maximum Gasteiger partial charge on any atom is 0.269 e. The highest BCUT2D eigenvalue weighted by Crippen LogP contribution is 2.03. The summed E-state index contributed by atoms with van der Waals surface area (Å²) < 4.78 is 0. The Kier molecular flexibility index (Phi) is 4.86. The van der Waals surface area contributed by atoms with Gasteiger partial charge in [-0.1, -0.05) is 0 Å². The van der Waals surface area contributed by atoms with E-state index in [9.17, 15) is 9.59 Å². The Labute approximate surface area is 113 Å². The summed E-state index contributed by atoms with van der Waals surface area (Å²) in [7, 11) is 1.78. The molecule has 0 radical (unpaired) electrons. The van der Waals surface area contributed by atoms with E-state index in [1.54, 1.807) is 11.9 Å². The number of carbonyl (C=O) groups is 2. The number of rotatable bonds is 4. The van der Waals surface area contributed by atoms with Crippen molar-refractivity contribution in [2.24, 2.45) is 5.10 Å². The quantitative estimate of drug-likeness (QED) is 0.658. The maximum absolute atomic E-state index is 12.1. The molecule has 0 aromatic carbocycles. The minimum Gasteiger partial charge on any atom is -0.339 e. The van der Waals surface area contributed by atoms with Gasteiger partial charge in [0.25, 0.3) is 5.91 Å². The number of amides is 2. The number of carbonyl (C=O) groups excluding carboxylic acids is 2. The van der Waals surface area contributed by atoms with Crippen LogP contribution in [0.25, 0.3) is 0 Å². The summed E-state index contributed by atoms with van der Waals surface area (Å²) >= 11 is 0. The van der Waals surface area contributed by atoms with Crippen LogP contribution in [0.15, 0.2) is 5.10 Å². The van der Waals surface area contributed by atoms with E-state index in [1.165, 1.54) is 0 Å². The van der Waals surface area contributed by atoms with Crippen LogP contribution in [-0.2, 0) is 9.59 Å². The van der Waals surface area contributed by atoms with Gasteiger partial charge in [-0.05, 0) is 0 Å². The van der Waals surface area contributed by atoms with Gasteiger partial charge in [0.1, 0.15) is 5.71 Å². The fraction of sp³-hybridized carbons (Fsp3) is 0.750. The molecule has 2 amide bonds. The predicted molar refractivity (Wildman–Crippen MR) is 71.8 cm³/mol. The Morgan fingerprint density at radius 2 is 2.11 bits per heavy atom. The molecule has 0 aromatic rings. The minimum absolute atomic E-state index is 0.0878. The fourth-order valence-corrected chi connectivity index (χ4v) is 2.18. The lowest BCUT2D eigenvalue weighted by atomic mass is 10.1. The Balaban J connectivity index is 1.77. The fourth-order valence-electron chi connectivity index (χ4n) is 2.18. The van der Waals surface area contributed by atoms with Gasteiger partial charge < -0.3 is 10.2 Å². The molecule has 2 heterocycles. The summed E-state index contributed by atoms with van der Waals surface area (Å²) in [5.41, 5.74) is 2.80. The highest BCUT2D eigenvalue weighted by Gasteiger charge is 2.21. The average molecular weight is 267 g/mol. The first kappa shape index (κ1) is 14.0. The van der Waals surface area contributed by atoms with E-state index in [-0.39, 0.29) is 11.8 Å². The van der Waals surface area contributed by atoms with Gasteiger partial charge in [0.2, 0.25) is 5.91 Å². The first-order valence-corrected chi connectivity index (χ1v) is 6.71. The van der Waals surface area contributed by atoms with E-state index in [0.29, 0.717) is 25.1 Å². The predicted octanol–water partition coefficient (Wildman–Crippen LogP) is -1.38. The van der Waals surface area contributed by atoms with Crippen LogP contribution in [0.2, 0.25) is 0 Å². The van der Waals surface area contributed by atoms with E-state index < -0.39 is 0 Å². The molecule has 19 heavy (non-hydrogen) atoms. The molecule has 0 unspecified atom stereocenters. The second-order valence-electron chi connectivity index (χ2n) is 4.91. The third-order valence-electron chi connectivity index (χ3n) is 3.46. The molecule has 7 heteroatoms. The van der Waals surface area contributed by atoms with Crippen molar-refractivity contribution in [2.45, 2.75) is 12.8 Å². The molecule has 1 saturated heterocycles. The van der Waals surface area contributed by atoms with Gasteiger partial charge in [0, 0.05) is 59.2 Å². The Hall–Kier alpha value is -1.47. The highest BCUT2D eigenvalue weighted by atomic mass is 16.2. The molecule has 0 bridgehead atoms. The normalized spacial score (nSPS) is 20.7. The molecule has 0 aliphatic carbocycles. The summed E-state index contributed by atoms with van der Waals surface area (Å²) in [6, 6.07) is 0. The molecule has 2 N–H and O–H groups in total. The van der Waals surface area contributed by atoms with Crippen molar-refractivity contribution in [2.75, 3.05) is 46.3 Å². The molecule has 2 aliphatic rings. The molecule has 0 saturated carbocycles. The second-order valence-corrected chi connectivity index (χ2v) is 4.91. The number of hydrogen-bond acceptors (Lipinski definition) is 5. The van der Waals surface area contributed by atoms with Crippen molar-refractivity contribution in [3.8, 4) is 0 Å². The third kappa shape index (κ3) is 4.00.